The number of hydrogen-bond donors (Lipinski definition) is 1. The van der Waals surface area contributed by atoms with Gasteiger partial charge in [-0.25, -0.2) is 0 Å². The number of hydrogen-bond acceptors (Lipinski definition) is 3. The number of anilines is 1. The van der Waals surface area contributed by atoms with Crippen LogP contribution in [-0.2, 0) is 14.4 Å². The first-order valence-electron chi connectivity index (χ1n) is 6.21. The summed E-state index contributed by atoms with van der Waals surface area (Å²) in [5.74, 6) is -0.914. The van der Waals surface area contributed by atoms with Crippen LogP contribution < -0.4 is 5.32 Å². The van der Waals surface area contributed by atoms with Gasteiger partial charge < -0.3 is 5.32 Å². The molecule has 1 aliphatic heterocycles. The summed E-state index contributed by atoms with van der Waals surface area (Å²) < 4.78 is 0. The molecule has 1 atom stereocenters. The molecule has 5 nitrogen and oxygen atoms in total. The third-order valence-electron chi connectivity index (χ3n) is 3.14. The van der Waals surface area contributed by atoms with Crippen molar-refractivity contribution in [1.82, 2.24) is 4.90 Å². The van der Waals surface area contributed by atoms with Gasteiger partial charge in [0.15, 0.2) is 0 Å². The molecule has 0 saturated carbocycles. The van der Waals surface area contributed by atoms with Gasteiger partial charge in [-0.05, 0) is 31.5 Å². The second kappa shape index (κ2) is 5.22. The van der Waals surface area contributed by atoms with Gasteiger partial charge in [-0.1, -0.05) is 12.1 Å². The summed E-state index contributed by atoms with van der Waals surface area (Å²) in [5, 5.41) is 2.72. The molecular weight excluding hydrogens is 244 g/mol. The van der Waals surface area contributed by atoms with Gasteiger partial charge in [0, 0.05) is 18.5 Å². The molecule has 3 amide bonds. The summed E-state index contributed by atoms with van der Waals surface area (Å²) in [6.07, 6.45) is 0.391. The lowest BCUT2D eigenvalue weighted by Crippen LogP contribution is -2.44. The van der Waals surface area contributed by atoms with Crippen LogP contribution in [0.3, 0.4) is 0 Å². The highest BCUT2D eigenvalue weighted by molar-refractivity contribution is 6.07. The van der Waals surface area contributed by atoms with Crippen molar-refractivity contribution in [2.75, 3.05) is 5.32 Å². The Labute approximate surface area is 111 Å². The van der Waals surface area contributed by atoms with E-state index in [1.54, 1.807) is 13.0 Å². The van der Waals surface area contributed by atoms with Crippen LogP contribution >= 0.6 is 0 Å². The third-order valence-corrected chi connectivity index (χ3v) is 3.14. The summed E-state index contributed by atoms with van der Waals surface area (Å²) in [5.41, 5.74) is 1.69. The molecule has 1 fully saturated rings. The Morgan fingerprint density at radius 2 is 1.89 bits per heavy atom. The van der Waals surface area contributed by atoms with Crippen LogP contribution in [0.2, 0.25) is 0 Å². The van der Waals surface area contributed by atoms with E-state index in [9.17, 15) is 14.4 Å². The SMILES string of the molecule is Cc1cccc(NC(=O)[C@H](C)N2C(=O)CCC2=O)c1. The van der Waals surface area contributed by atoms with Crippen LogP contribution in [0.15, 0.2) is 24.3 Å². The molecule has 0 aliphatic carbocycles. The average molecular weight is 260 g/mol. The van der Waals surface area contributed by atoms with Gasteiger partial charge in [0.25, 0.3) is 0 Å². The third kappa shape index (κ3) is 2.81. The summed E-state index contributed by atoms with van der Waals surface area (Å²) in [6, 6.07) is 6.58. The molecule has 1 N–H and O–H groups in total. The van der Waals surface area contributed by atoms with Crippen molar-refractivity contribution in [3.8, 4) is 0 Å². The van der Waals surface area contributed by atoms with Crippen molar-refractivity contribution in [3.63, 3.8) is 0 Å². The minimum atomic E-state index is -0.775. The Morgan fingerprint density at radius 3 is 2.47 bits per heavy atom. The molecule has 19 heavy (non-hydrogen) atoms. The molecule has 1 aromatic carbocycles. The molecule has 0 aromatic heterocycles. The number of rotatable bonds is 3. The van der Waals surface area contributed by atoms with Crippen molar-refractivity contribution in [2.45, 2.75) is 32.7 Å². The first kappa shape index (κ1) is 13.3. The molecule has 1 aliphatic rings. The van der Waals surface area contributed by atoms with E-state index in [0.717, 1.165) is 10.5 Å². The Balaban J connectivity index is 2.07. The van der Waals surface area contributed by atoms with Crippen molar-refractivity contribution >= 4 is 23.4 Å². The van der Waals surface area contributed by atoms with Crippen molar-refractivity contribution in [3.05, 3.63) is 29.8 Å². The number of benzene rings is 1. The van der Waals surface area contributed by atoms with Crippen molar-refractivity contribution < 1.29 is 14.4 Å². The number of nitrogens with zero attached hydrogens (tertiary/aromatic N) is 1. The summed E-state index contributed by atoms with van der Waals surface area (Å²) in [4.78, 5) is 36.2. The largest absolute Gasteiger partial charge is 0.324 e. The molecule has 100 valence electrons. The number of aryl methyl sites for hydroxylation is 1. The van der Waals surface area contributed by atoms with Gasteiger partial charge in [0.05, 0.1) is 0 Å². The molecule has 1 aromatic rings. The van der Waals surface area contributed by atoms with Gasteiger partial charge in [-0.3, -0.25) is 19.3 Å². The number of imide groups is 1. The fourth-order valence-electron chi connectivity index (χ4n) is 2.11. The van der Waals surface area contributed by atoms with Crippen LogP contribution in [0.5, 0.6) is 0 Å². The van der Waals surface area contributed by atoms with Crippen LogP contribution in [0.1, 0.15) is 25.3 Å². The van der Waals surface area contributed by atoms with Crippen LogP contribution in [0, 0.1) is 6.92 Å². The van der Waals surface area contributed by atoms with Gasteiger partial charge in [-0.2, -0.15) is 0 Å². The summed E-state index contributed by atoms with van der Waals surface area (Å²) in [6.45, 7) is 3.48. The highest BCUT2D eigenvalue weighted by Crippen LogP contribution is 2.17. The smallest absolute Gasteiger partial charge is 0.247 e. The van der Waals surface area contributed by atoms with E-state index in [2.05, 4.69) is 5.32 Å². The molecule has 2 rings (SSSR count). The first-order valence-corrected chi connectivity index (χ1v) is 6.21. The predicted molar refractivity (Wildman–Crippen MR) is 70.4 cm³/mol. The van der Waals surface area contributed by atoms with Gasteiger partial charge in [-0.15, -0.1) is 0 Å². The van der Waals surface area contributed by atoms with E-state index in [1.807, 2.05) is 25.1 Å². The van der Waals surface area contributed by atoms with Crippen molar-refractivity contribution in [1.29, 1.82) is 0 Å². The van der Waals surface area contributed by atoms with Gasteiger partial charge in [0.1, 0.15) is 6.04 Å². The fourth-order valence-corrected chi connectivity index (χ4v) is 2.11. The van der Waals surface area contributed by atoms with E-state index in [1.165, 1.54) is 0 Å². The second-order valence-electron chi connectivity index (χ2n) is 4.69. The molecule has 0 unspecified atom stereocenters. The molecule has 1 saturated heterocycles. The Morgan fingerprint density at radius 1 is 1.26 bits per heavy atom. The number of nitrogens with one attached hydrogen (secondary N) is 1. The molecule has 0 bridgehead atoms. The Kier molecular flexibility index (Phi) is 3.64. The summed E-state index contributed by atoms with van der Waals surface area (Å²) >= 11 is 0. The van der Waals surface area contributed by atoms with E-state index in [4.69, 9.17) is 0 Å². The second-order valence-corrected chi connectivity index (χ2v) is 4.69. The maximum atomic E-state index is 12.0. The fraction of sp³-hybridized carbons (Fsp3) is 0.357. The highest BCUT2D eigenvalue weighted by atomic mass is 16.2. The number of carbonyl (C=O) groups is 3. The summed E-state index contributed by atoms with van der Waals surface area (Å²) in [7, 11) is 0. The van der Waals surface area contributed by atoms with E-state index < -0.39 is 6.04 Å². The van der Waals surface area contributed by atoms with Crippen LogP contribution in [0.4, 0.5) is 5.69 Å². The number of amides is 3. The van der Waals surface area contributed by atoms with E-state index in [-0.39, 0.29) is 30.6 Å². The zero-order valence-corrected chi connectivity index (χ0v) is 11.0. The standard InChI is InChI=1S/C14H16N2O3/c1-9-4-3-5-11(8-9)15-14(19)10(2)16-12(17)6-7-13(16)18/h3-5,8,10H,6-7H2,1-2H3,(H,15,19)/t10-/m0/s1. The lowest BCUT2D eigenvalue weighted by Gasteiger charge is -2.21. The van der Waals surface area contributed by atoms with Gasteiger partial charge in [0.2, 0.25) is 17.7 Å². The number of carbonyl (C=O) groups excluding carboxylic acids is 3. The molecule has 0 spiro atoms. The Hall–Kier alpha value is -2.17. The molecule has 0 radical (unpaired) electrons. The van der Waals surface area contributed by atoms with E-state index >= 15 is 0 Å². The zero-order chi connectivity index (χ0) is 14.0. The highest BCUT2D eigenvalue weighted by Gasteiger charge is 2.36. The zero-order valence-electron chi connectivity index (χ0n) is 11.0. The quantitative estimate of drug-likeness (QED) is 0.837. The maximum Gasteiger partial charge on any atom is 0.247 e. The first-order chi connectivity index (χ1) is 8.99. The number of likely N-dealkylation sites (tertiary alicyclic amines) is 1. The molecular formula is C14H16N2O3. The predicted octanol–water partition coefficient (Wildman–Crippen LogP) is 1.47. The van der Waals surface area contributed by atoms with Crippen LogP contribution in [-0.4, -0.2) is 28.7 Å². The minimum Gasteiger partial charge on any atom is -0.324 e. The lowest BCUT2D eigenvalue weighted by molar-refractivity contribution is -0.144. The maximum absolute atomic E-state index is 12.0. The van der Waals surface area contributed by atoms with Crippen LogP contribution in [0.25, 0.3) is 0 Å². The Bertz CT molecular complexity index is 523. The van der Waals surface area contributed by atoms with E-state index in [0.29, 0.717) is 5.69 Å². The normalized spacial score (nSPS) is 16.6. The monoisotopic (exact) mass is 260 g/mol. The molecule has 1 heterocycles. The van der Waals surface area contributed by atoms with Crippen molar-refractivity contribution in [2.24, 2.45) is 0 Å². The molecule has 5 heteroatoms. The minimum absolute atomic E-state index is 0.195. The topological polar surface area (TPSA) is 66.5 Å². The lowest BCUT2D eigenvalue weighted by atomic mass is 10.2. The average Bonchev–Trinajstić information content (AvgIpc) is 2.68. The van der Waals surface area contributed by atoms with Gasteiger partial charge >= 0.3 is 0 Å².